The van der Waals surface area contributed by atoms with Gasteiger partial charge in [-0.3, -0.25) is 0 Å². The number of phenolic OH excluding ortho intramolecular Hbond substituents is 2. The van der Waals surface area contributed by atoms with E-state index in [1.54, 1.807) is 0 Å². The lowest BCUT2D eigenvalue weighted by atomic mass is 9.90. The molecule has 0 amide bonds. The van der Waals surface area contributed by atoms with Crippen molar-refractivity contribution in [1.82, 2.24) is 4.98 Å². The summed E-state index contributed by atoms with van der Waals surface area (Å²) in [6.07, 6.45) is 1.24. The third-order valence-corrected chi connectivity index (χ3v) is 11.7. The van der Waals surface area contributed by atoms with Crippen LogP contribution in [-0.4, -0.2) is 95.9 Å². The number of aromatic hydroxyl groups is 2. The predicted molar refractivity (Wildman–Crippen MR) is 243 cm³/mol. The second-order valence-electron chi connectivity index (χ2n) is 16.4. The molecule has 72 heavy (non-hydrogen) atoms. The average Bonchev–Trinajstić information content (AvgIpc) is 4.20. The predicted octanol–water partition coefficient (Wildman–Crippen LogP) is 8.20. The number of fused-ring (bicyclic) bond motifs is 6. The number of benzene rings is 4. The van der Waals surface area contributed by atoms with Crippen molar-refractivity contribution in [2.75, 3.05) is 26.4 Å². The van der Waals surface area contributed by atoms with Gasteiger partial charge in [-0.1, -0.05) is 36.4 Å². The fourth-order valence-corrected chi connectivity index (χ4v) is 8.44. The van der Waals surface area contributed by atoms with Crippen LogP contribution in [0.25, 0.3) is 22.3 Å². The monoisotopic (exact) mass is 1000 g/mol. The number of allylic oxidation sites excluding steroid dienone is 8. The molecule has 9 N–H and O–H groups in total. The summed E-state index contributed by atoms with van der Waals surface area (Å²) in [4.78, 5) is 11.9. The zero-order valence-corrected chi connectivity index (χ0v) is 36.6. The summed E-state index contributed by atoms with van der Waals surface area (Å²) in [5, 5.41) is 82.8. The molecular weight excluding hydrogens is 967 g/mol. The highest BCUT2D eigenvalue weighted by molar-refractivity contribution is 6.35. The van der Waals surface area contributed by atoms with Gasteiger partial charge in [-0.15, -0.1) is 0 Å². The van der Waals surface area contributed by atoms with Crippen LogP contribution in [0.3, 0.4) is 0 Å². The van der Waals surface area contributed by atoms with Crippen LogP contribution in [0.1, 0.15) is 40.1 Å². The van der Waals surface area contributed by atoms with E-state index in [0.29, 0.717) is 0 Å². The fourth-order valence-electron chi connectivity index (χ4n) is 8.44. The number of phenols is 2. The van der Waals surface area contributed by atoms with Crippen LogP contribution in [0.2, 0.25) is 0 Å². The van der Waals surface area contributed by atoms with Gasteiger partial charge in [0.25, 0.3) is 0 Å². The molecule has 370 valence electrons. The SMILES string of the molecule is OCC(O)COc1c(F)c(F)c(C2=C3C=CC(=C(c4cccc(O)c4)C4=NC(=C(c5c(F)c(F)c(OCC(O)CO)c(F)c5F)c5ccc([nH]5)C(c5cccc(O)c5)=C5C=CC2=N5)C(O)=C4O)C3)c(F)c1F. The molecule has 5 aromatic rings. The molecule has 2 atom stereocenters. The molecule has 4 heterocycles. The van der Waals surface area contributed by atoms with Crippen molar-refractivity contribution in [2.45, 2.75) is 18.6 Å². The van der Waals surface area contributed by atoms with Gasteiger partial charge in [0.1, 0.15) is 48.3 Å². The van der Waals surface area contributed by atoms with Crippen LogP contribution in [0.15, 0.2) is 129 Å². The van der Waals surface area contributed by atoms with Crippen molar-refractivity contribution in [3.05, 3.63) is 199 Å². The Morgan fingerprint density at radius 1 is 0.528 bits per heavy atom. The Bertz CT molecular complexity index is 3380. The Hall–Kier alpha value is -8.24. The van der Waals surface area contributed by atoms with Gasteiger partial charge in [0.15, 0.2) is 46.3 Å². The normalized spacial score (nSPS) is 16.4. The molecule has 1 aliphatic carbocycles. The molecule has 8 bridgehead atoms. The number of aliphatic hydroxyl groups excluding tert-OH is 6. The first-order chi connectivity index (χ1) is 34.4. The quantitative estimate of drug-likeness (QED) is 0.0431. The number of rotatable bonds is 12. The topological polar surface area (TPSA) is 221 Å². The van der Waals surface area contributed by atoms with E-state index in [4.69, 9.17) is 9.47 Å². The van der Waals surface area contributed by atoms with Crippen LogP contribution in [0.4, 0.5) is 35.1 Å². The molecule has 0 saturated carbocycles. The zero-order chi connectivity index (χ0) is 51.4. The number of nitrogens with one attached hydrogen (secondary N) is 1. The maximum absolute atomic E-state index is 16.6. The first kappa shape index (κ1) is 48.8. The van der Waals surface area contributed by atoms with E-state index in [0.717, 1.165) is 6.07 Å². The van der Waals surface area contributed by atoms with Crippen LogP contribution < -0.4 is 9.47 Å². The molecule has 21 heteroatoms. The summed E-state index contributed by atoms with van der Waals surface area (Å²) in [6.45, 7) is -3.86. The van der Waals surface area contributed by atoms with Crippen molar-refractivity contribution in [3.63, 3.8) is 0 Å². The lowest BCUT2D eigenvalue weighted by Crippen LogP contribution is -2.22. The van der Waals surface area contributed by atoms with Gasteiger partial charge >= 0.3 is 0 Å². The summed E-state index contributed by atoms with van der Waals surface area (Å²) < 4.78 is 140. The Kier molecular flexibility index (Phi) is 13.0. The molecule has 0 fully saturated rings. The van der Waals surface area contributed by atoms with Crippen molar-refractivity contribution < 1.29 is 85.4 Å². The number of aromatic nitrogens is 1. The third-order valence-electron chi connectivity index (χ3n) is 11.7. The van der Waals surface area contributed by atoms with Gasteiger partial charge in [-0.25, -0.2) is 27.5 Å². The van der Waals surface area contributed by atoms with Gasteiger partial charge < -0.3 is 55.3 Å². The minimum atomic E-state index is -2.12. The van der Waals surface area contributed by atoms with Gasteiger partial charge in [-0.05, 0) is 77.2 Å². The Balaban J connectivity index is 1.39. The first-order valence-corrected chi connectivity index (χ1v) is 21.4. The van der Waals surface area contributed by atoms with E-state index >= 15 is 35.1 Å². The van der Waals surface area contributed by atoms with Crippen LogP contribution in [-0.2, 0) is 0 Å². The highest BCUT2D eigenvalue weighted by Gasteiger charge is 2.39. The molecule has 1 aromatic heterocycles. The zero-order valence-electron chi connectivity index (χ0n) is 36.6. The van der Waals surface area contributed by atoms with Crippen molar-refractivity contribution in [1.29, 1.82) is 0 Å². The van der Waals surface area contributed by atoms with E-state index in [9.17, 15) is 40.9 Å². The molecule has 2 unspecified atom stereocenters. The summed E-state index contributed by atoms with van der Waals surface area (Å²) >= 11 is 0. The number of nitrogens with zero attached hydrogens (tertiary/aromatic N) is 2. The van der Waals surface area contributed by atoms with Crippen LogP contribution in [0.5, 0.6) is 23.0 Å². The summed E-state index contributed by atoms with van der Waals surface area (Å²) in [7, 11) is 0. The average molecular weight is 1000 g/mol. The van der Waals surface area contributed by atoms with E-state index in [1.165, 1.54) is 78.9 Å². The Labute approximate surface area is 400 Å². The number of aromatic amines is 1. The largest absolute Gasteiger partial charge is 0.508 e. The standard InChI is InChI=1S/C51H35F8N3O10/c52-38-36(39(53)43(57)50(42(38)56)71-18-26(67)16-63)34-23-8-7-22(13-23)32(20-3-1-5-24(65)14-20)46-48(69)49(70)47(62-46)35(37-40(54)44(58)51(45(59)41(37)55)72-19-27(68)17-64)31-12-10-29(61-31)33(28-9-11-30(34)60-28)21-4-2-6-25(66)15-21/h1-12,14-15,26-27,61,63-70H,13,16-19H2. The molecule has 4 aliphatic rings. The summed E-state index contributed by atoms with van der Waals surface area (Å²) in [5.74, 6) is -22.7. The second-order valence-corrected chi connectivity index (χ2v) is 16.4. The van der Waals surface area contributed by atoms with E-state index in [-0.39, 0.29) is 62.0 Å². The first-order valence-electron chi connectivity index (χ1n) is 21.4. The highest BCUT2D eigenvalue weighted by atomic mass is 19.2. The lowest BCUT2D eigenvalue weighted by molar-refractivity contribution is 0.0503. The number of halogens is 8. The van der Waals surface area contributed by atoms with E-state index < -0.39 is 154 Å². The number of hydrogen-bond donors (Lipinski definition) is 9. The molecule has 9 rings (SSSR count). The minimum absolute atomic E-state index is 0.00475. The Morgan fingerprint density at radius 3 is 1.50 bits per heavy atom. The van der Waals surface area contributed by atoms with Crippen molar-refractivity contribution in [2.24, 2.45) is 9.98 Å². The van der Waals surface area contributed by atoms with Crippen molar-refractivity contribution in [3.8, 4) is 23.0 Å². The van der Waals surface area contributed by atoms with Crippen LogP contribution in [0, 0.1) is 46.5 Å². The van der Waals surface area contributed by atoms with E-state index in [2.05, 4.69) is 15.0 Å². The van der Waals surface area contributed by atoms with Crippen molar-refractivity contribution >= 4 is 33.7 Å². The minimum Gasteiger partial charge on any atom is -0.508 e. The second kappa shape index (κ2) is 19.2. The molecule has 13 nitrogen and oxygen atoms in total. The number of aliphatic hydroxyl groups is 6. The van der Waals surface area contributed by atoms with Gasteiger partial charge in [0.2, 0.25) is 23.3 Å². The maximum Gasteiger partial charge on any atom is 0.204 e. The number of H-pyrrole nitrogens is 1. The van der Waals surface area contributed by atoms with Gasteiger partial charge in [0.05, 0.1) is 35.7 Å². The molecule has 0 spiro atoms. The van der Waals surface area contributed by atoms with E-state index in [1.807, 2.05) is 0 Å². The smallest absolute Gasteiger partial charge is 0.204 e. The fraction of sp³-hybridized carbons (Fsp3) is 0.137. The number of ether oxygens (including phenoxy) is 2. The van der Waals surface area contributed by atoms with Gasteiger partial charge in [-0.2, -0.15) is 17.6 Å². The summed E-state index contributed by atoms with van der Waals surface area (Å²) in [5.41, 5.74) is -6.78. The highest BCUT2D eigenvalue weighted by Crippen LogP contribution is 2.47. The molecule has 3 aliphatic heterocycles. The molecular formula is C51H35F8N3O10. The summed E-state index contributed by atoms with van der Waals surface area (Å²) in [6, 6.07) is 13.0. The lowest BCUT2D eigenvalue weighted by Gasteiger charge is -2.18. The molecule has 0 saturated heterocycles. The maximum atomic E-state index is 16.6. The molecule has 4 aromatic carbocycles. The number of aliphatic imine (C=N–C) groups is 2. The van der Waals surface area contributed by atoms with Gasteiger partial charge in [0, 0.05) is 33.7 Å². The molecule has 0 radical (unpaired) electrons. The Morgan fingerprint density at radius 2 is 1.00 bits per heavy atom. The third kappa shape index (κ3) is 8.40. The van der Waals surface area contributed by atoms with Crippen LogP contribution >= 0.6 is 0 Å². The number of hydrogen-bond acceptors (Lipinski definition) is 12.